The van der Waals surface area contributed by atoms with Crippen LogP contribution in [-0.4, -0.2) is 9.72 Å². The van der Waals surface area contributed by atoms with Crippen LogP contribution in [0.1, 0.15) is 11.4 Å². The molecule has 0 aliphatic heterocycles. The average molecular weight is 190 g/mol. The largest absolute Gasteiger partial charge is 0.441 e. The maximum absolute atomic E-state index is 11.2. The molecular formula is C10H10N2O2. The lowest BCUT2D eigenvalue weighted by Crippen LogP contribution is -2.16. The summed E-state index contributed by atoms with van der Waals surface area (Å²) < 4.78 is 6.02. The molecule has 1 aromatic carbocycles. The highest BCUT2D eigenvalue weighted by atomic mass is 16.5. The minimum Gasteiger partial charge on any atom is -0.296 e. The average Bonchev–Trinajstić information content (AvgIpc) is 2.51. The van der Waals surface area contributed by atoms with E-state index < -0.39 is 5.76 Å². The highest BCUT2D eigenvalue weighted by Gasteiger charge is 2.05. The van der Waals surface area contributed by atoms with Crippen molar-refractivity contribution in [3.8, 4) is 0 Å². The quantitative estimate of drug-likeness (QED) is 0.714. The number of aromatic nitrogens is 2. The van der Waals surface area contributed by atoms with Crippen LogP contribution in [0.5, 0.6) is 0 Å². The van der Waals surface area contributed by atoms with Gasteiger partial charge < -0.3 is 0 Å². The van der Waals surface area contributed by atoms with Crippen molar-refractivity contribution in [2.75, 3.05) is 0 Å². The van der Waals surface area contributed by atoms with Crippen LogP contribution in [0.2, 0.25) is 0 Å². The molecule has 4 heteroatoms. The molecule has 4 nitrogen and oxygen atoms in total. The molecule has 0 fully saturated rings. The van der Waals surface area contributed by atoms with E-state index >= 15 is 0 Å². The SMILES string of the molecule is Cc1noc(=O)n1Cc1ccccc1. The molecule has 0 radical (unpaired) electrons. The maximum Gasteiger partial charge on any atom is 0.441 e. The Bertz CT molecular complexity index is 470. The monoisotopic (exact) mass is 190 g/mol. The molecule has 0 bridgehead atoms. The van der Waals surface area contributed by atoms with Crippen LogP contribution in [0, 0.1) is 6.92 Å². The predicted molar refractivity (Wildman–Crippen MR) is 51.0 cm³/mol. The van der Waals surface area contributed by atoms with Gasteiger partial charge in [-0.25, -0.2) is 4.79 Å². The third-order valence-electron chi connectivity index (χ3n) is 2.05. The zero-order valence-electron chi connectivity index (χ0n) is 7.80. The Balaban J connectivity index is 2.32. The standard InChI is InChI=1S/C10H10N2O2/c1-8-11-14-10(13)12(8)7-9-5-3-2-4-6-9/h2-6H,7H2,1H3. The van der Waals surface area contributed by atoms with Crippen molar-refractivity contribution < 1.29 is 4.52 Å². The molecule has 0 aliphatic rings. The summed E-state index contributed by atoms with van der Waals surface area (Å²) in [6.45, 7) is 2.25. The molecule has 0 atom stereocenters. The normalized spacial score (nSPS) is 10.4. The van der Waals surface area contributed by atoms with Gasteiger partial charge in [0, 0.05) is 0 Å². The molecule has 2 aromatic rings. The molecule has 0 saturated heterocycles. The number of hydrogen-bond acceptors (Lipinski definition) is 3. The summed E-state index contributed by atoms with van der Waals surface area (Å²) in [6, 6.07) is 9.72. The Kier molecular flexibility index (Phi) is 2.18. The Morgan fingerprint density at radius 3 is 2.64 bits per heavy atom. The minimum absolute atomic E-state index is 0.411. The van der Waals surface area contributed by atoms with E-state index in [0.29, 0.717) is 12.4 Å². The summed E-state index contributed by atoms with van der Waals surface area (Å²) in [5.41, 5.74) is 1.06. The number of hydrogen-bond donors (Lipinski definition) is 0. The van der Waals surface area contributed by atoms with Crippen molar-refractivity contribution in [1.29, 1.82) is 0 Å². The van der Waals surface area contributed by atoms with Gasteiger partial charge in [-0.2, -0.15) is 0 Å². The first-order valence-corrected chi connectivity index (χ1v) is 4.34. The van der Waals surface area contributed by atoms with Gasteiger partial charge in [0.25, 0.3) is 0 Å². The number of nitrogens with zero attached hydrogens (tertiary/aromatic N) is 2. The highest BCUT2D eigenvalue weighted by Crippen LogP contribution is 2.01. The van der Waals surface area contributed by atoms with E-state index in [0.717, 1.165) is 5.56 Å². The van der Waals surface area contributed by atoms with Crippen molar-refractivity contribution in [1.82, 2.24) is 9.72 Å². The zero-order chi connectivity index (χ0) is 9.97. The van der Waals surface area contributed by atoms with E-state index in [9.17, 15) is 4.79 Å². The second-order valence-corrected chi connectivity index (χ2v) is 3.07. The fourth-order valence-corrected chi connectivity index (χ4v) is 1.28. The van der Waals surface area contributed by atoms with Crippen molar-refractivity contribution in [2.24, 2.45) is 0 Å². The number of aryl methyl sites for hydroxylation is 1. The molecule has 1 heterocycles. The molecule has 0 unspecified atom stereocenters. The first-order valence-electron chi connectivity index (χ1n) is 4.34. The number of rotatable bonds is 2. The van der Waals surface area contributed by atoms with Gasteiger partial charge in [0.2, 0.25) is 0 Å². The second kappa shape index (κ2) is 3.49. The van der Waals surface area contributed by atoms with Crippen LogP contribution in [0.3, 0.4) is 0 Å². The molecule has 0 spiro atoms. The summed E-state index contributed by atoms with van der Waals surface area (Å²) >= 11 is 0. The summed E-state index contributed by atoms with van der Waals surface area (Å²) in [6.07, 6.45) is 0. The van der Waals surface area contributed by atoms with Gasteiger partial charge in [-0.3, -0.25) is 9.09 Å². The Morgan fingerprint density at radius 1 is 1.36 bits per heavy atom. The Labute approximate surface area is 80.8 Å². The lowest BCUT2D eigenvalue weighted by molar-refractivity contribution is 0.375. The maximum atomic E-state index is 11.2. The van der Waals surface area contributed by atoms with Crippen LogP contribution in [-0.2, 0) is 6.54 Å². The fraction of sp³-hybridized carbons (Fsp3) is 0.200. The molecule has 0 saturated carbocycles. The van der Waals surface area contributed by atoms with E-state index in [-0.39, 0.29) is 0 Å². The summed E-state index contributed by atoms with van der Waals surface area (Å²) in [5, 5.41) is 3.59. The molecule has 0 aliphatic carbocycles. The molecule has 2 rings (SSSR count). The predicted octanol–water partition coefficient (Wildman–Crippen LogP) is 1.19. The first kappa shape index (κ1) is 8.74. The summed E-state index contributed by atoms with van der Waals surface area (Å²) in [5.74, 6) is 0.185. The van der Waals surface area contributed by atoms with E-state index in [2.05, 4.69) is 9.68 Å². The summed E-state index contributed by atoms with van der Waals surface area (Å²) in [4.78, 5) is 11.2. The smallest absolute Gasteiger partial charge is 0.296 e. The van der Waals surface area contributed by atoms with E-state index in [1.165, 1.54) is 4.57 Å². The topological polar surface area (TPSA) is 48.0 Å². The lowest BCUT2D eigenvalue weighted by atomic mass is 10.2. The van der Waals surface area contributed by atoms with Gasteiger partial charge in [0.15, 0.2) is 5.82 Å². The molecule has 0 amide bonds. The minimum atomic E-state index is -0.411. The zero-order valence-corrected chi connectivity index (χ0v) is 7.80. The van der Waals surface area contributed by atoms with Gasteiger partial charge in [-0.05, 0) is 12.5 Å². The van der Waals surface area contributed by atoms with Crippen LogP contribution in [0.4, 0.5) is 0 Å². The van der Waals surface area contributed by atoms with Crippen LogP contribution in [0.15, 0.2) is 39.6 Å². The lowest BCUT2D eigenvalue weighted by Gasteiger charge is -2.00. The molecule has 0 N–H and O–H groups in total. The van der Waals surface area contributed by atoms with Crippen LogP contribution < -0.4 is 5.76 Å². The van der Waals surface area contributed by atoms with Crippen molar-refractivity contribution in [3.63, 3.8) is 0 Å². The molecule has 1 aromatic heterocycles. The van der Waals surface area contributed by atoms with Gasteiger partial charge >= 0.3 is 5.76 Å². The van der Waals surface area contributed by atoms with Gasteiger partial charge in [0.1, 0.15) is 0 Å². The molecule has 72 valence electrons. The second-order valence-electron chi connectivity index (χ2n) is 3.07. The molecule has 14 heavy (non-hydrogen) atoms. The fourth-order valence-electron chi connectivity index (χ4n) is 1.28. The van der Waals surface area contributed by atoms with Crippen molar-refractivity contribution >= 4 is 0 Å². The van der Waals surface area contributed by atoms with Crippen molar-refractivity contribution in [2.45, 2.75) is 13.5 Å². The van der Waals surface area contributed by atoms with E-state index in [1.807, 2.05) is 30.3 Å². The van der Waals surface area contributed by atoms with Gasteiger partial charge in [-0.15, -0.1) is 0 Å². The Morgan fingerprint density at radius 2 is 2.07 bits per heavy atom. The summed E-state index contributed by atoms with van der Waals surface area (Å²) in [7, 11) is 0. The van der Waals surface area contributed by atoms with E-state index in [4.69, 9.17) is 0 Å². The van der Waals surface area contributed by atoms with E-state index in [1.54, 1.807) is 6.92 Å². The van der Waals surface area contributed by atoms with Crippen molar-refractivity contribution in [3.05, 3.63) is 52.3 Å². The first-order chi connectivity index (χ1) is 6.77. The number of benzene rings is 1. The third kappa shape index (κ3) is 1.59. The van der Waals surface area contributed by atoms with Gasteiger partial charge in [-0.1, -0.05) is 35.5 Å². The van der Waals surface area contributed by atoms with Crippen LogP contribution >= 0.6 is 0 Å². The van der Waals surface area contributed by atoms with Crippen LogP contribution in [0.25, 0.3) is 0 Å². The Hall–Kier alpha value is -1.84. The third-order valence-corrected chi connectivity index (χ3v) is 2.05. The highest BCUT2D eigenvalue weighted by molar-refractivity contribution is 5.15. The molecular weight excluding hydrogens is 180 g/mol. The van der Waals surface area contributed by atoms with Gasteiger partial charge in [0.05, 0.1) is 6.54 Å².